The van der Waals surface area contributed by atoms with Crippen LogP contribution in [-0.4, -0.2) is 42.3 Å². The maximum absolute atomic E-state index is 10.7. The molecular formula is C14H21NO3S. The zero-order valence-electron chi connectivity index (χ0n) is 11.4. The van der Waals surface area contributed by atoms with E-state index in [1.165, 1.54) is 0 Å². The van der Waals surface area contributed by atoms with E-state index in [2.05, 4.69) is 18.5 Å². The summed E-state index contributed by atoms with van der Waals surface area (Å²) in [6, 6.07) is 6.95. The lowest BCUT2D eigenvalue weighted by molar-refractivity contribution is 0.0697. The van der Waals surface area contributed by atoms with E-state index >= 15 is 0 Å². The van der Waals surface area contributed by atoms with Crippen LogP contribution in [0.2, 0.25) is 0 Å². The van der Waals surface area contributed by atoms with Crippen molar-refractivity contribution in [1.29, 1.82) is 0 Å². The van der Waals surface area contributed by atoms with Gasteiger partial charge in [-0.25, -0.2) is 4.79 Å². The number of carboxylic acids is 1. The van der Waals surface area contributed by atoms with Crippen LogP contribution in [0.3, 0.4) is 0 Å². The van der Waals surface area contributed by atoms with Gasteiger partial charge in [0.25, 0.3) is 0 Å². The quantitative estimate of drug-likeness (QED) is 0.682. The van der Waals surface area contributed by atoms with Crippen LogP contribution < -0.4 is 10.1 Å². The van der Waals surface area contributed by atoms with Gasteiger partial charge in [0.05, 0.1) is 5.56 Å². The average Bonchev–Trinajstić information content (AvgIpc) is 2.41. The van der Waals surface area contributed by atoms with E-state index in [1.54, 1.807) is 24.3 Å². The predicted molar refractivity (Wildman–Crippen MR) is 79.4 cm³/mol. The van der Waals surface area contributed by atoms with Gasteiger partial charge < -0.3 is 15.2 Å². The largest absolute Gasteiger partial charge is 0.492 e. The number of nitrogens with one attached hydrogen (secondary N) is 1. The zero-order valence-corrected chi connectivity index (χ0v) is 12.2. The Morgan fingerprint density at radius 1 is 1.42 bits per heavy atom. The Kier molecular flexibility index (Phi) is 7.36. The lowest BCUT2D eigenvalue weighted by Gasteiger charge is -2.13. The summed E-state index contributed by atoms with van der Waals surface area (Å²) in [4.78, 5) is 10.7. The number of carbonyl (C=O) groups is 1. The van der Waals surface area contributed by atoms with E-state index in [-0.39, 0.29) is 5.56 Å². The fourth-order valence-electron chi connectivity index (χ4n) is 1.56. The summed E-state index contributed by atoms with van der Waals surface area (Å²) in [6.07, 6.45) is 3.26. The van der Waals surface area contributed by atoms with E-state index in [1.807, 2.05) is 11.8 Å². The van der Waals surface area contributed by atoms with Gasteiger partial charge in [-0.15, -0.1) is 0 Å². The van der Waals surface area contributed by atoms with Crippen LogP contribution in [0.4, 0.5) is 0 Å². The van der Waals surface area contributed by atoms with Crippen molar-refractivity contribution in [3.05, 3.63) is 29.8 Å². The summed E-state index contributed by atoms with van der Waals surface area (Å²) in [5, 5.41) is 12.2. The fourth-order valence-corrected chi connectivity index (χ4v) is 2.15. The summed E-state index contributed by atoms with van der Waals surface area (Å²) in [5.74, 6) is 0.936. The summed E-state index contributed by atoms with van der Waals surface area (Å²) >= 11 is 1.85. The first-order valence-corrected chi connectivity index (χ1v) is 7.71. The molecule has 0 aromatic heterocycles. The Morgan fingerprint density at radius 3 is 2.68 bits per heavy atom. The Bertz CT molecular complexity index is 381. The van der Waals surface area contributed by atoms with E-state index in [0.29, 0.717) is 18.4 Å². The molecule has 0 bridgehead atoms. The van der Waals surface area contributed by atoms with E-state index < -0.39 is 5.97 Å². The third-order valence-corrected chi connectivity index (χ3v) is 3.36. The maximum Gasteiger partial charge on any atom is 0.335 e. The van der Waals surface area contributed by atoms with Gasteiger partial charge in [-0.3, -0.25) is 0 Å². The molecule has 0 saturated carbocycles. The standard InChI is InChI=1S/C14H21NO3S/c1-11(7-10-19-2)15-8-9-18-13-5-3-12(4-6-13)14(16)17/h3-6,11,15H,7-10H2,1-2H3,(H,16,17). The molecule has 2 N–H and O–H groups in total. The molecule has 0 radical (unpaired) electrons. The maximum atomic E-state index is 10.7. The van der Waals surface area contributed by atoms with Crippen LogP contribution in [0.15, 0.2) is 24.3 Å². The predicted octanol–water partition coefficient (Wildman–Crippen LogP) is 2.49. The minimum Gasteiger partial charge on any atom is -0.492 e. The Morgan fingerprint density at radius 2 is 2.11 bits per heavy atom. The molecule has 0 fully saturated rings. The van der Waals surface area contributed by atoms with E-state index in [4.69, 9.17) is 9.84 Å². The van der Waals surface area contributed by atoms with Crippen LogP contribution in [0.5, 0.6) is 5.75 Å². The van der Waals surface area contributed by atoms with Crippen LogP contribution in [-0.2, 0) is 0 Å². The minimum absolute atomic E-state index is 0.274. The van der Waals surface area contributed by atoms with Gasteiger partial charge in [0, 0.05) is 12.6 Å². The molecule has 1 aromatic rings. The second kappa shape index (κ2) is 8.82. The molecule has 1 unspecified atom stereocenters. The molecule has 19 heavy (non-hydrogen) atoms. The summed E-state index contributed by atoms with van der Waals surface area (Å²) in [7, 11) is 0. The van der Waals surface area contributed by atoms with Crippen molar-refractivity contribution in [1.82, 2.24) is 5.32 Å². The van der Waals surface area contributed by atoms with Gasteiger partial charge in [-0.05, 0) is 49.6 Å². The molecule has 0 aliphatic carbocycles. The van der Waals surface area contributed by atoms with Crippen LogP contribution in [0.25, 0.3) is 0 Å². The molecule has 0 saturated heterocycles. The Labute approximate surface area is 118 Å². The molecular weight excluding hydrogens is 262 g/mol. The number of hydrogen-bond acceptors (Lipinski definition) is 4. The van der Waals surface area contributed by atoms with Gasteiger partial charge in [-0.2, -0.15) is 11.8 Å². The fraction of sp³-hybridized carbons (Fsp3) is 0.500. The number of carboxylic acid groups (broad SMARTS) is 1. The Balaban J connectivity index is 2.20. The first-order valence-electron chi connectivity index (χ1n) is 6.32. The lowest BCUT2D eigenvalue weighted by Crippen LogP contribution is -2.30. The second-order valence-electron chi connectivity index (χ2n) is 4.31. The smallest absolute Gasteiger partial charge is 0.335 e. The molecule has 106 valence electrons. The van der Waals surface area contributed by atoms with Gasteiger partial charge in [0.1, 0.15) is 12.4 Å². The molecule has 1 aromatic carbocycles. The minimum atomic E-state index is -0.921. The first kappa shape index (κ1) is 15.9. The number of benzene rings is 1. The Hall–Kier alpha value is -1.20. The van der Waals surface area contributed by atoms with Crippen LogP contribution >= 0.6 is 11.8 Å². The van der Waals surface area contributed by atoms with Crippen LogP contribution in [0, 0.1) is 0 Å². The second-order valence-corrected chi connectivity index (χ2v) is 5.30. The highest BCUT2D eigenvalue weighted by Crippen LogP contribution is 2.11. The molecule has 0 spiro atoms. The molecule has 0 aliphatic rings. The number of hydrogen-bond donors (Lipinski definition) is 2. The summed E-state index contributed by atoms with van der Waals surface area (Å²) < 4.78 is 5.53. The number of aromatic carboxylic acids is 1. The van der Waals surface area contributed by atoms with Crippen molar-refractivity contribution in [2.24, 2.45) is 0 Å². The summed E-state index contributed by atoms with van der Waals surface area (Å²) in [5.41, 5.74) is 0.274. The molecule has 4 nitrogen and oxygen atoms in total. The monoisotopic (exact) mass is 283 g/mol. The number of rotatable bonds is 9. The van der Waals surface area contributed by atoms with Gasteiger partial charge in [-0.1, -0.05) is 0 Å². The normalized spacial score (nSPS) is 12.1. The zero-order chi connectivity index (χ0) is 14.1. The van der Waals surface area contributed by atoms with E-state index in [9.17, 15) is 4.79 Å². The third kappa shape index (κ3) is 6.50. The SMILES string of the molecule is CSCCC(C)NCCOc1ccc(C(=O)O)cc1. The molecule has 1 atom stereocenters. The number of ether oxygens (including phenoxy) is 1. The molecule has 0 aliphatic heterocycles. The highest BCUT2D eigenvalue weighted by molar-refractivity contribution is 7.98. The molecule has 0 amide bonds. The van der Waals surface area contributed by atoms with Gasteiger partial charge in [0.2, 0.25) is 0 Å². The first-order chi connectivity index (χ1) is 9.13. The highest BCUT2D eigenvalue weighted by atomic mass is 32.2. The van der Waals surface area contributed by atoms with Crippen molar-refractivity contribution < 1.29 is 14.6 Å². The van der Waals surface area contributed by atoms with Crippen molar-refractivity contribution in [3.8, 4) is 5.75 Å². The van der Waals surface area contributed by atoms with Crippen LogP contribution in [0.1, 0.15) is 23.7 Å². The topological polar surface area (TPSA) is 58.6 Å². The van der Waals surface area contributed by atoms with Crippen molar-refractivity contribution in [3.63, 3.8) is 0 Å². The highest BCUT2D eigenvalue weighted by Gasteiger charge is 2.03. The summed E-state index contributed by atoms with van der Waals surface area (Å²) in [6.45, 7) is 3.53. The van der Waals surface area contributed by atoms with Crippen molar-refractivity contribution in [2.45, 2.75) is 19.4 Å². The average molecular weight is 283 g/mol. The third-order valence-electron chi connectivity index (χ3n) is 2.72. The van der Waals surface area contributed by atoms with Gasteiger partial charge >= 0.3 is 5.97 Å². The number of thioether (sulfide) groups is 1. The van der Waals surface area contributed by atoms with Crippen molar-refractivity contribution >= 4 is 17.7 Å². The lowest BCUT2D eigenvalue weighted by atomic mass is 10.2. The molecule has 0 heterocycles. The molecule has 5 heteroatoms. The van der Waals surface area contributed by atoms with Gasteiger partial charge in [0.15, 0.2) is 0 Å². The van der Waals surface area contributed by atoms with Crippen molar-refractivity contribution in [2.75, 3.05) is 25.2 Å². The molecule has 1 rings (SSSR count). The van der Waals surface area contributed by atoms with E-state index in [0.717, 1.165) is 18.7 Å².